The predicted molar refractivity (Wildman–Crippen MR) is 97.2 cm³/mol. The highest BCUT2D eigenvalue weighted by Crippen LogP contribution is 2.36. The molecule has 1 aromatic carbocycles. The largest absolute Gasteiger partial charge is 0.451 e. The average Bonchev–Trinajstić information content (AvgIpc) is 3.27. The molecule has 7 nitrogen and oxygen atoms in total. The fourth-order valence-corrected chi connectivity index (χ4v) is 3.92. The van der Waals surface area contributed by atoms with Crippen LogP contribution in [0.1, 0.15) is 43.5 Å². The van der Waals surface area contributed by atoms with E-state index in [-0.39, 0.29) is 31.2 Å². The zero-order valence-electron chi connectivity index (χ0n) is 15.6. The Kier molecular flexibility index (Phi) is 4.56. The van der Waals surface area contributed by atoms with Gasteiger partial charge in [0.1, 0.15) is 0 Å². The van der Waals surface area contributed by atoms with Crippen LogP contribution in [0.3, 0.4) is 0 Å². The Balaban J connectivity index is 1.55. The number of carbonyl (C=O) groups excluding carboxylic acids is 1. The van der Waals surface area contributed by atoms with E-state index in [2.05, 4.69) is 15.4 Å². The zero-order chi connectivity index (χ0) is 21.0. The molecule has 154 valence electrons. The predicted octanol–water partition coefficient (Wildman–Crippen LogP) is 3.44. The molecular weight excluding hydrogens is 411 g/mol. The number of nitrogens with zero attached hydrogens (tertiary/aromatic N) is 5. The van der Waals surface area contributed by atoms with E-state index in [1.54, 1.807) is 38.1 Å². The van der Waals surface area contributed by atoms with Crippen LogP contribution < -0.4 is 0 Å². The number of benzene rings is 1. The third-order valence-electron chi connectivity index (χ3n) is 5.20. The number of aromatic nitrogens is 3. The smallest absolute Gasteiger partial charge is 0.379 e. The Hall–Kier alpha value is -2.62. The summed E-state index contributed by atoms with van der Waals surface area (Å²) in [6.45, 7) is 3.25. The van der Waals surface area contributed by atoms with Crippen molar-refractivity contribution in [3.63, 3.8) is 0 Å². The lowest BCUT2D eigenvalue weighted by atomic mass is 9.93. The molecule has 29 heavy (non-hydrogen) atoms. The molecule has 11 heteroatoms. The summed E-state index contributed by atoms with van der Waals surface area (Å²) < 4.78 is 40.3. The number of carbonyl (C=O) groups is 1. The summed E-state index contributed by atoms with van der Waals surface area (Å²) in [4.78, 5) is 20.2. The van der Waals surface area contributed by atoms with E-state index in [9.17, 15) is 18.0 Å². The number of halogens is 4. The minimum atomic E-state index is -4.60. The highest BCUT2D eigenvalue weighted by molar-refractivity contribution is 6.34. The summed E-state index contributed by atoms with van der Waals surface area (Å²) in [7, 11) is 0. The van der Waals surface area contributed by atoms with Gasteiger partial charge < -0.3 is 14.3 Å². The van der Waals surface area contributed by atoms with Gasteiger partial charge in [0.2, 0.25) is 11.4 Å². The molecule has 2 aliphatic rings. The van der Waals surface area contributed by atoms with Crippen LogP contribution >= 0.6 is 11.6 Å². The molecule has 0 N–H and O–H groups in total. The van der Waals surface area contributed by atoms with Crippen molar-refractivity contribution in [2.75, 3.05) is 6.54 Å². The van der Waals surface area contributed by atoms with E-state index >= 15 is 0 Å². The van der Waals surface area contributed by atoms with E-state index < -0.39 is 23.6 Å². The quantitative estimate of drug-likeness (QED) is 0.736. The summed E-state index contributed by atoms with van der Waals surface area (Å²) in [6, 6.07) is 6.40. The monoisotopic (exact) mass is 427 g/mol. The molecule has 0 radical (unpaired) electrons. The molecule has 0 saturated heterocycles. The summed E-state index contributed by atoms with van der Waals surface area (Å²) in [5.74, 6) is -1.34. The Bertz CT molecular complexity index is 1010. The number of hydrogen-bond donors (Lipinski definition) is 0. The lowest BCUT2D eigenvalue weighted by molar-refractivity contribution is -0.157. The molecule has 0 saturated carbocycles. The van der Waals surface area contributed by atoms with Crippen LogP contribution in [0.4, 0.5) is 13.2 Å². The first-order valence-electron chi connectivity index (χ1n) is 8.93. The molecule has 2 aliphatic heterocycles. The van der Waals surface area contributed by atoms with Gasteiger partial charge in [-0.1, -0.05) is 35.0 Å². The lowest BCUT2D eigenvalue weighted by Crippen LogP contribution is -2.51. The van der Waals surface area contributed by atoms with Crippen LogP contribution in [0.5, 0.6) is 0 Å². The molecule has 4 rings (SSSR count). The third kappa shape index (κ3) is 3.25. The number of amides is 1. The van der Waals surface area contributed by atoms with E-state index in [0.29, 0.717) is 16.3 Å². The second-order valence-electron chi connectivity index (χ2n) is 7.22. The molecule has 2 atom stereocenters. The third-order valence-corrected chi connectivity index (χ3v) is 5.53. The van der Waals surface area contributed by atoms with Gasteiger partial charge in [-0.05, 0) is 19.9 Å². The normalized spacial score (nSPS) is 24.1. The fraction of sp³-hybridized carbons (Fsp3) is 0.444. The van der Waals surface area contributed by atoms with Gasteiger partial charge in [0.15, 0.2) is 5.82 Å². The second-order valence-corrected chi connectivity index (χ2v) is 7.63. The fourth-order valence-electron chi connectivity index (χ4n) is 3.67. The molecule has 2 aromatic rings. The Labute approximate surface area is 169 Å². The van der Waals surface area contributed by atoms with Crippen molar-refractivity contribution in [1.82, 2.24) is 19.7 Å². The first-order valence-corrected chi connectivity index (χ1v) is 9.31. The summed E-state index contributed by atoms with van der Waals surface area (Å²) in [6.07, 6.45) is -4.41. The number of rotatable bonds is 2. The zero-order valence-corrected chi connectivity index (χ0v) is 16.3. The minimum absolute atomic E-state index is 0.0540. The minimum Gasteiger partial charge on any atom is -0.379 e. The van der Waals surface area contributed by atoms with Crippen molar-refractivity contribution in [2.24, 2.45) is 5.16 Å². The SMILES string of the molecule is CC1c2nnc(C(F)(F)F)n2CCN1C(=O)C1(C)CC(c2ccccc2Cl)=NO1. The van der Waals surface area contributed by atoms with Gasteiger partial charge in [-0.3, -0.25) is 4.79 Å². The maximum absolute atomic E-state index is 13.2. The highest BCUT2D eigenvalue weighted by atomic mass is 35.5. The van der Waals surface area contributed by atoms with Crippen LogP contribution in [-0.2, 0) is 22.4 Å². The average molecular weight is 428 g/mol. The van der Waals surface area contributed by atoms with E-state index in [1.807, 2.05) is 0 Å². The molecule has 0 bridgehead atoms. The highest BCUT2D eigenvalue weighted by Gasteiger charge is 2.48. The van der Waals surface area contributed by atoms with Gasteiger partial charge in [-0.15, -0.1) is 10.2 Å². The van der Waals surface area contributed by atoms with Crippen molar-refractivity contribution < 1.29 is 22.8 Å². The van der Waals surface area contributed by atoms with Gasteiger partial charge in [0.25, 0.3) is 5.91 Å². The second kappa shape index (κ2) is 6.72. The molecular formula is C18H17ClF3N5O2. The number of oxime groups is 1. The van der Waals surface area contributed by atoms with Crippen LogP contribution in [0.2, 0.25) is 5.02 Å². The van der Waals surface area contributed by atoms with Gasteiger partial charge >= 0.3 is 6.18 Å². The first kappa shape index (κ1) is 19.7. The van der Waals surface area contributed by atoms with Gasteiger partial charge in [0.05, 0.1) is 11.8 Å². The summed E-state index contributed by atoms with van der Waals surface area (Å²) in [5.41, 5.74) is -0.0664. The maximum Gasteiger partial charge on any atom is 0.451 e. The van der Waals surface area contributed by atoms with Crippen LogP contribution in [0.25, 0.3) is 0 Å². The summed E-state index contributed by atoms with van der Waals surface area (Å²) >= 11 is 6.20. The van der Waals surface area contributed by atoms with Crippen molar-refractivity contribution in [3.8, 4) is 0 Å². The van der Waals surface area contributed by atoms with Crippen molar-refractivity contribution in [3.05, 3.63) is 46.5 Å². The van der Waals surface area contributed by atoms with Crippen molar-refractivity contribution in [2.45, 2.75) is 44.6 Å². The van der Waals surface area contributed by atoms with Gasteiger partial charge in [-0.2, -0.15) is 13.2 Å². The topological polar surface area (TPSA) is 72.6 Å². The van der Waals surface area contributed by atoms with Crippen molar-refractivity contribution >= 4 is 23.2 Å². The van der Waals surface area contributed by atoms with Crippen molar-refractivity contribution in [1.29, 1.82) is 0 Å². The van der Waals surface area contributed by atoms with Gasteiger partial charge in [-0.25, -0.2) is 0 Å². The Morgan fingerprint density at radius 2 is 2.00 bits per heavy atom. The van der Waals surface area contributed by atoms with Gasteiger partial charge in [0, 0.05) is 30.1 Å². The first-order chi connectivity index (χ1) is 13.6. The molecule has 2 unspecified atom stereocenters. The van der Waals surface area contributed by atoms with E-state index in [0.717, 1.165) is 4.57 Å². The standard InChI is InChI=1S/C18H17ClF3N5O2/c1-10-14-23-24-15(18(20,21)22)27(14)8-7-26(10)16(28)17(2)9-13(25-29-17)11-5-3-4-6-12(11)19/h3-6,10H,7-9H2,1-2H3. The maximum atomic E-state index is 13.2. The lowest BCUT2D eigenvalue weighted by Gasteiger charge is -2.37. The molecule has 0 spiro atoms. The molecule has 0 fully saturated rings. The molecule has 1 amide bonds. The molecule has 1 aromatic heterocycles. The number of fused-ring (bicyclic) bond motifs is 1. The molecule has 0 aliphatic carbocycles. The Morgan fingerprint density at radius 3 is 2.69 bits per heavy atom. The number of hydrogen-bond acceptors (Lipinski definition) is 5. The molecule has 3 heterocycles. The van der Waals surface area contributed by atoms with Crippen LogP contribution in [0, 0.1) is 0 Å². The number of alkyl halides is 3. The van der Waals surface area contributed by atoms with E-state index in [1.165, 1.54) is 4.90 Å². The Morgan fingerprint density at radius 1 is 1.28 bits per heavy atom. The van der Waals surface area contributed by atoms with Crippen LogP contribution in [0.15, 0.2) is 29.4 Å². The van der Waals surface area contributed by atoms with E-state index in [4.69, 9.17) is 16.4 Å². The van der Waals surface area contributed by atoms with Crippen LogP contribution in [-0.4, -0.2) is 43.4 Å². The summed E-state index contributed by atoms with van der Waals surface area (Å²) in [5, 5.41) is 11.5.